The fourth-order valence-electron chi connectivity index (χ4n) is 2.08. The van der Waals surface area contributed by atoms with Gasteiger partial charge in [-0.2, -0.15) is 0 Å². The Morgan fingerprint density at radius 2 is 2.10 bits per heavy atom. The molecule has 3 aromatic rings. The van der Waals surface area contributed by atoms with Gasteiger partial charge in [0.2, 0.25) is 0 Å². The number of aryl methyl sites for hydroxylation is 1. The van der Waals surface area contributed by atoms with Gasteiger partial charge in [0.25, 0.3) is 0 Å². The molecule has 0 saturated heterocycles. The molecule has 0 atom stereocenters. The van der Waals surface area contributed by atoms with Crippen molar-refractivity contribution in [3.8, 4) is 22.1 Å². The summed E-state index contributed by atoms with van der Waals surface area (Å²) < 4.78 is 18.3. The van der Waals surface area contributed by atoms with E-state index in [-0.39, 0.29) is 18.1 Å². The highest BCUT2D eigenvalue weighted by molar-refractivity contribution is 7.21. The third-order valence-electron chi connectivity index (χ3n) is 3.08. The Morgan fingerprint density at radius 3 is 2.86 bits per heavy atom. The standard InChI is InChI=1S/C16H14FNO2S/c1-10-2-4-12-15(8-10)21-16(18-12)11-3-5-14(13(19)9-11)20-7-6-17/h2-5,8-9,19H,6-7H2,1H3. The second kappa shape index (κ2) is 5.69. The van der Waals surface area contributed by atoms with Crippen molar-refractivity contribution in [3.63, 3.8) is 0 Å². The van der Waals surface area contributed by atoms with Crippen LogP contribution in [0.2, 0.25) is 0 Å². The van der Waals surface area contributed by atoms with E-state index >= 15 is 0 Å². The van der Waals surface area contributed by atoms with Crippen LogP contribution in [0, 0.1) is 6.92 Å². The molecule has 3 nitrogen and oxygen atoms in total. The number of halogens is 1. The van der Waals surface area contributed by atoms with Crippen molar-refractivity contribution in [2.75, 3.05) is 13.3 Å². The summed E-state index contributed by atoms with van der Waals surface area (Å²) in [6.45, 7) is 1.40. The fraction of sp³-hybridized carbons (Fsp3) is 0.188. The highest BCUT2D eigenvalue weighted by Crippen LogP contribution is 2.35. The van der Waals surface area contributed by atoms with Crippen LogP contribution in [0.1, 0.15) is 5.56 Å². The van der Waals surface area contributed by atoms with Crippen molar-refractivity contribution in [1.29, 1.82) is 0 Å². The van der Waals surface area contributed by atoms with Gasteiger partial charge in [-0.25, -0.2) is 9.37 Å². The van der Waals surface area contributed by atoms with E-state index in [1.165, 1.54) is 5.56 Å². The maximum atomic E-state index is 12.1. The molecule has 0 radical (unpaired) electrons. The minimum absolute atomic E-state index is 0.00335. The van der Waals surface area contributed by atoms with Crippen molar-refractivity contribution >= 4 is 21.6 Å². The number of benzene rings is 2. The molecule has 0 aliphatic rings. The van der Waals surface area contributed by atoms with Crippen molar-refractivity contribution < 1.29 is 14.2 Å². The Balaban J connectivity index is 1.96. The van der Waals surface area contributed by atoms with E-state index in [0.29, 0.717) is 0 Å². The molecule has 0 aliphatic heterocycles. The normalized spacial score (nSPS) is 11.0. The van der Waals surface area contributed by atoms with Crippen LogP contribution in [0.15, 0.2) is 36.4 Å². The van der Waals surface area contributed by atoms with E-state index in [1.54, 1.807) is 23.5 Å². The summed E-state index contributed by atoms with van der Waals surface area (Å²) in [5, 5.41) is 10.8. The van der Waals surface area contributed by atoms with Crippen molar-refractivity contribution in [2.24, 2.45) is 0 Å². The number of fused-ring (bicyclic) bond motifs is 1. The molecule has 0 unspecified atom stereocenters. The number of hydrogen-bond donors (Lipinski definition) is 1. The number of phenols is 1. The number of rotatable bonds is 4. The molecule has 1 heterocycles. The highest BCUT2D eigenvalue weighted by atomic mass is 32.1. The monoisotopic (exact) mass is 303 g/mol. The molecule has 0 spiro atoms. The molecule has 21 heavy (non-hydrogen) atoms. The average Bonchev–Trinajstić information content (AvgIpc) is 2.89. The number of nitrogens with zero attached hydrogens (tertiary/aromatic N) is 1. The van der Waals surface area contributed by atoms with E-state index < -0.39 is 6.67 Å². The first-order valence-electron chi connectivity index (χ1n) is 6.57. The first-order valence-corrected chi connectivity index (χ1v) is 7.38. The van der Waals surface area contributed by atoms with E-state index in [9.17, 15) is 9.50 Å². The number of alkyl halides is 1. The van der Waals surface area contributed by atoms with Gasteiger partial charge in [-0.3, -0.25) is 0 Å². The molecule has 0 aliphatic carbocycles. The maximum absolute atomic E-state index is 12.1. The number of ether oxygens (including phenoxy) is 1. The number of phenolic OH excluding ortho intramolecular Hbond substituents is 1. The van der Waals surface area contributed by atoms with Crippen LogP contribution in [0.3, 0.4) is 0 Å². The Hall–Kier alpha value is -2.14. The minimum atomic E-state index is -0.585. The van der Waals surface area contributed by atoms with E-state index in [0.717, 1.165) is 20.8 Å². The summed E-state index contributed by atoms with van der Waals surface area (Å²) in [6.07, 6.45) is 0. The Morgan fingerprint density at radius 1 is 1.24 bits per heavy atom. The highest BCUT2D eigenvalue weighted by Gasteiger charge is 2.10. The number of aromatic hydroxyl groups is 1. The SMILES string of the molecule is Cc1ccc2nc(-c3ccc(OCCF)c(O)c3)sc2c1. The van der Waals surface area contributed by atoms with E-state index in [4.69, 9.17) is 4.74 Å². The number of aromatic nitrogens is 1. The fourth-order valence-corrected chi connectivity index (χ4v) is 3.14. The number of hydrogen-bond acceptors (Lipinski definition) is 4. The smallest absolute Gasteiger partial charge is 0.161 e. The zero-order chi connectivity index (χ0) is 14.8. The lowest BCUT2D eigenvalue weighted by Gasteiger charge is -2.06. The van der Waals surface area contributed by atoms with Crippen molar-refractivity contribution in [2.45, 2.75) is 6.92 Å². The third-order valence-corrected chi connectivity index (χ3v) is 4.15. The van der Waals surface area contributed by atoms with Gasteiger partial charge in [0.1, 0.15) is 18.3 Å². The molecule has 108 valence electrons. The molecule has 2 aromatic carbocycles. The largest absolute Gasteiger partial charge is 0.504 e. The van der Waals surface area contributed by atoms with Gasteiger partial charge >= 0.3 is 0 Å². The first kappa shape index (κ1) is 13.8. The molecule has 5 heteroatoms. The average molecular weight is 303 g/mol. The third kappa shape index (κ3) is 2.83. The van der Waals surface area contributed by atoms with Gasteiger partial charge in [-0.15, -0.1) is 11.3 Å². The van der Waals surface area contributed by atoms with Crippen LogP contribution in [-0.2, 0) is 0 Å². The van der Waals surface area contributed by atoms with Gasteiger partial charge in [0, 0.05) is 5.56 Å². The zero-order valence-corrected chi connectivity index (χ0v) is 12.3. The first-order chi connectivity index (χ1) is 10.2. The van der Waals surface area contributed by atoms with Crippen LogP contribution >= 0.6 is 11.3 Å². The summed E-state index contributed by atoms with van der Waals surface area (Å²) in [5.41, 5.74) is 2.95. The molecular weight excluding hydrogens is 289 g/mol. The van der Waals surface area contributed by atoms with Crippen LogP contribution < -0.4 is 4.74 Å². The molecule has 0 amide bonds. The van der Waals surface area contributed by atoms with E-state index in [1.807, 2.05) is 25.1 Å². The molecule has 3 rings (SSSR count). The predicted octanol–water partition coefficient (Wildman–Crippen LogP) is 4.33. The predicted molar refractivity (Wildman–Crippen MR) is 82.9 cm³/mol. The molecule has 0 bridgehead atoms. The second-order valence-electron chi connectivity index (χ2n) is 4.71. The summed E-state index contributed by atoms with van der Waals surface area (Å²) in [7, 11) is 0. The van der Waals surface area contributed by atoms with Crippen LogP contribution in [-0.4, -0.2) is 23.4 Å². The van der Waals surface area contributed by atoms with Crippen molar-refractivity contribution in [3.05, 3.63) is 42.0 Å². The summed E-state index contributed by atoms with van der Waals surface area (Å²) >= 11 is 1.57. The Bertz CT molecular complexity index is 785. The number of thiazole rings is 1. The van der Waals surface area contributed by atoms with Crippen molar-refractivity contribution in [1.82, 2.24) is 4.98 Å². The lowest BCUT2D eigenvalue weighted by molar-refractivity contribution is 0.262. The topological polar surface area (TPSA) is 42.4 Å². The lowest BCUT2D eigenvalue weighted by atomic mass is 10.2. The Kier molecular flexibility index (Phi) is 3.75. The van der Waals surface area contributed by atoms with Crippen LogP contribution in [0.5, 0.6) is 11.5 Å². The zero-order valence-electron chi connectivity index (χ0n) is 11.5. The van der Waals surface area contributed by atoms with Gasteiger partial charge in [-0.1, -0.05) is 6.07 Å². The van der Waals surface area contributed by atoms with Crippen LogP contribution in [0.25, 0.3) is 20.8 Å². The molecule has 0 fully saturated rings. The quantitative estimate of drug-likeness (QED) is 0.780. The molecular formula is C16H14FNO2S. The van der Waals surface area contributed by atoms with Crippen LogP contribution in [0.4, 0.5) is 4.39 Å². The minimum Gasteiger partial charge on any atom is -0.504 e. The summed E-state index contributed by atoms with van der Waals surface area (Å²) in [6, 6.07) is 11.2. The molecule has 0 saturated carbocycles. The van der Waals surface area contributed by atoms with Gasteiger partial charge in [-0.05, 0) is 42.8 Å². The summed E-state index contributed by atoms with van der Waals surface area (Å²) in [5.74, 6) is 0.282. The molecule has 1 N–H and O–H groups in total. The molecule has 1 aromatic heterocycles. The maximum Gasteiger partial charge on any atom is 0.161 e. The lowest BCUT2D eigenvalue weighted by Crippen LogP contribution is -1.98. The second-order valence-corrected chi connectivity index (χ2v) is 5.74. The summed E-state index contributed by atoms with van der Waals surface area (Å²) in [4.78, 5) is 4.56. The Labute approximate surface area is 125 Å². The van der Waals surface area contributed by atoms with Gasteiger partial charge in [0.05, 0.1) is 10.2 Å². The van der Waals surface area contributed by atoms with E-state index in [2.05, 4.69) is 11.1 Å². The van der Waals surface area contributed by atoms with Gasteiger partial charge < -0.3 is 9.84 Å². The van der Waals surface area contributed by atoms with Gasteiger partial charge in [0.15, 0.2) is 11.5 Å².